The predicted octanol–water partition coefficient (Wildman–Crippen LogP) is 7.03. The minimum Gasteiger partial charge on any atom is -0.462 e. The Morgan fingerprint density at radius 2 is 1.86 bits per heavy atom. The van der Waals surface area contributed by atoms with Crippen molar-refractivity contribution >= 4 is 39.8 Å². The van der Waals surface area contributed by atoms with Crippen LogP contribution in [0.15, 0.2) is 59.8 Å². The van der Waals surface area contributed by atoms with E-state index >= 15 is 0 Å². The molecule has 7 heteroatoms. The van der Waals surface area contributed by atoms with Gasteiger partial charge in [0.2, 0.25) is 0 Å². The number of benzene rings is 1. The minimum atomic E-state index is -0.673. The van der Waals surface area contributed by atoms with Crippen LogP contribution in [0.4, 0.5) is 0 Å². The lowest BCUT2D eigenvalue weighted by Crippen LogP contribution is -2.44. The molecule has 4 atom stereocenters. The highest BCUT2D eigenvalue weighted by Crippen LogP contribution is 2.44. The number of aliphatic imine (C=N–C) groups is 1. The number of esters is 2. The molecule has 0 saturated heterocycles. The van der Waals surface area contributed by atoms with Gasteiger partial charge in [0.25, 0.3) is 0 Å². The standard InChI is InChI=1S/C29H41NO4S2/c1-8-13-21(19-24(27(32)33-9-2)30-28(35-6)36-7)26(31)34-25-18-20(3)16-17-23(25)29(4,5)22-14-11-10-12-15-22/h8,10-12,14-15,19-21,23,25H,1,9,13,16-18H2,2-7H3/b24-19-/t20?,21-,23?,25?/m1/s1. The van der Waals surface area contributed by atoms with Crippen LogP contribution in [-0.4, -0.2) is 41.5 Å². The zero-order chi connectivity index (χ0) is 26.7. The number of thioether (sulfide) groups is 2. The van der Waals surface area contributed by atoms with Gasteiger partial charge in [-0.1, -0.05) is 63.6 Å². The molecule has 0 bridgehead atoms. The number of carbonyl (C=O) groups excluding carboxylic acids is 2. The topological polar surface area (TPSA) is 65.0 Å². The van der Waals surface area contributed by atoms with E-state index in [1.54, 1.807) is 19.1 Å². The van der Waals surface area contributed by atoms with Crippen molar-refractivity contribution in [2.24, 2.45) is 22.7 Å². The van der Waals surface area contributed by atoms with Crippen LogP contribution in [0.1, 0.15) is 58.9 Å². The fourth-order valence-electron chi connectivity index (χ4n) is 4.83. The highest BCUT2D eigenvalue weighted by molar-refractivity contribution is 8.38. The first-order valence-corrected chi connectivity index (χ1v) is 15.0. The van der Waals surface area contributed by atoms with Crippen molar-refractivity contribution in [3.63, 3.8) is 0 Å². The molecule has 0 radical (unpaired) electrons. The lowest BCUT2D eigenvalue weighted by Gasteiger charge is -2.44. The third-order valence-corrected chi connectivity index (χ3v) is 8.78. The van der Waals surface area contributed by atoms with Gasteiger partial charge in [-0.2, -0.15) is 0 Å². The molecule has 36 heavy (non-hydrogen) atoms. The highest BCUT2D eigenvalue weighted by Gasteiger charge is 2.42. The summed E-state index contributed by atoms with van der Waals surface area (Å²) in [6.45, 7) is 12.5. The Labute approximate surface area is 225 Å². The van der Waals surface area contributed by atoms with Gasteiger partial charge in [-0.3, -0.25) is 4.79 Å². The van der Waals surface area contributed by atoms with E-state index < -0.39 is 11.9 Å². The molecule has 3 unspecified atom stereocenters. The summed E-state index contributed by atoms with van der Waals surface area (Å²) in [4.78, 5) is 30.7. The molecule has 1 fully saturated rings. The molecule has 2 rings (SSSR count). The highest BCUT2D eigenvalue weighted by atomic mass is 32.2. The quantitative estimate of drug-likeness (QED) is 0.106. The summed E-state index contributed by atoms with van der Waals surface area (Å²) < 4.78 is 12.2. The molecular weight excluding hydrogens is 490 g/mol. The number of rotatable bonds is 10. The molecule has 0 aliphatic heterocycles. The first kappa shape index (κ1) is 30.2. The molecule has 0 N–H and O–H groups in total. The predicted molar refractivity (Wildman–Crippen MR) is 153 cm³/mol. The first-order valence-electron chi connectivity index (χ1n) is 12.6. The number of ether oxygens (including phenoxy) is 2. The van der Waals surface area contributed by atoms with Crippen molar-refractivity contribution in [1.82, 2.24) is 0 Å². The fraction of sp³-hybridized carbons (Fsp3) is 0.552. The molecule has 1 aliphatic rings. The maximum absolute atomic E-state index is 13.5. The van der Waals surface area contributed by atoms with E-state index in [1.807, 2.05) is 18.6 Å². The Hall–Kier alpha value is -1.99. The van der Waals surface area contributed by atoms with Crippen LogP contribution in [0.2, 0.25) is 0 Å². The van der Waals surface area contributed by atoms with Gasteiger partial charge >= 0.3 is 11.9 Å². The molecule has 1 aromatic carbocycles. The van der Waals surface area contributed by atoms with Gasteiger partial charge in [-0.15, -0.1) is 30.1 Å². The zero-order valence-electron chi connectivity index (χ0n) is 22.5. The van der Waals surface area contributed by atoms with Crippen molar-refractivity contribution in [3.8, 4) is 0 Å². The lowest BCUT2D eigenvalue weighted by molar-refractivity contribution is -0.159. The van der Waals surface area contributed by atoms with E-state index in [2.05, 4.69) is 56.6 Å². The van der Waals surface area contributed by atoms with Crippen molar-refractivity contribution in [3.05, 3.63) is 60.3 Å². The number of nitrogens with zero attached hydrogens (tertiary/aromatic N) is 1. The van der Waals surface area contributed by atoms with Crippen molar-refractivity contribution < 1.29 is 19.1 Å². The SMILES string of the molecule is C=CC[C@H](/C=C(\N=C(SC)SC)C(=O)OCC)C(=O)OC1CC(C)CCC1C(C)(C)c1ccccc1. The van der Waals surface area contributed by atoms with E-state index in [1.165, 1.54) is 29.1 Å². The molecule has 1 saturated carbocycles. The van der Waals surface area contributed by atoms with Crippen molar-refractivity contribution in [1.29, 1.82) is 0 Å². The summed E-state index contributed by atoms with van der Waals surface area (Å²) in [5, 5.41) is 0. The smallest absolute Gasteiger partial charge is 0.356 e. The van der Waals surface area contributed by atoms with Gasteiger partial charge in [0, 0.05) is 5.92 Å². The molecule has 1 aromatic rings. The minimum absolute atomic E-state index is 0.123. The maximum atomic E-state index is 13.5. The summed E-state index contributed by atoms with van der Waals surface area (Å²) >= 11 is 2.88. The van der Waals surface area contributed by atoms with Crippen molar-refractivity contribution in [2.75, 3.05) is 19.1 Å². The third kappa shape index (κ3) is 8.27. The Morgan fingerprint density at radius 1 is 1.19 bits per heavy atom. The molecule has 5 nitrogen and oxygen atoms in total. The van der Waals surface area contributed by atoms with Crippen molar-refractivity contribution in [2.45, 2.75) is 64.9 Å². The molecular formula is C29H41NO4S2. The summed E-state index contributed by atoms with van der Waals surface area (Å²) in [7, 11) is 0. The number of allylic oxidation sites excluding steroid dienone is 1. The van der Waals surface area contributed by atoms with Gasteiger partial charge in [0.1, 0.15) is 16.2 Å². The fourth-order valence-corrected chi connectivity index (χ4v) is 5.88. The van der Waals surface area contributed by atoms with E-state index in [0.29, 0.717) is 16.7 Å². The van der Waals surface area contributed by atoms with E-state index in [0.717, 1.165) is 19.3 Å². The molecule has 1 aliphatic carbocycles. The van der Waals surface area contributed by atoms with Crippen LogP contribution in [0.25, 0.3) is 0 Å². The zero-order valence-corrected chi connectivity index (χ0v) is 24.1. The Morgan fingerprint density at radius 3 is 2.44 bits per heavy atom. The number of carbonyl (C=O) groups is 2. The van der Waals surface area contributed by atoms with E-state index in [-0.39, 0.29) is 35.7 Å². The van der Waals surface area contributed by atoms with Gasteiger partial charge in [-0.05, 0) is 61.7 Å². The van der Waals surface area contributed by atoms with Crippen LogP contribution < -0.4 is 0 Å². The second kappa shape index (κ2) is 14.7. The maximum Gasteiger partial charge on any atom is 0.356 e. The first-order chi connectivity index (χ1) is 17.2. The number of hydrogen-bond donors (Lipinski definition) is 0. The third-order valence-electron chi connectivity index (χ3n) is 6.89. The molecule has 198 valence electrons. The monoisotopic (exact) mass is 531 g/mol. The summed E-state index contributed by atoms with van der Waals surface area (Å²) in [5.41, 5.74) is 1.22. The van der Waals surface area contributed by atoms with Gasteiger partial charge in [0.15, 0.2) is 0 Å². The van der Waals surface area contributed by atoms with Crippen LogP contribution in [-0.2, 0) is 24.5 Å². The summed E-state index contributed by atoms with van der Waals surface area (Å²) in [5.74, 6) is -0.905. The van der Waals surface area contributed by atoms with Crippen LogP contribution in [0.5, 0.6) is 0 Å². The Balaban J connectivity index is 2.37. The average molecular weight is 532 g/mol. The Kier molecular flexibility index (Phi) is 12.3. The molecule has 0 aromatic heterocycles. The van der Waals surface area contributed by atoms with Gasteiger partial charge in [0.05, 0.1) is 12.5 Å². The Bertz CT molecular complexity index is 936. The number of hydrogen-bond acceptors (Lipinski definition) is 7. The van der Waals surface area contributed by atoms with E-state index in [4.69, 9.17) is 9.47 Å². The molecule has 0 spiro atoms. The van der Waals surface area contributed by atoms with Crippen LogP contribution in [0, 0.1) is 17.8 Å². The second-order valence-corrected chi connectivity index (χ2v) is 11.6. The van der Waals surface area contributed by atoms with E-state index in [9.17, 15) is 9.59 Å². The van der Waals surface area contributed by atoms with Crippen LogP contribution in [0.3, 0.4) is 0 Å². The lowest BCUT2D eigenvalue weighted by atomic mass is 9.64. The van der Waals surface area contributed by atoms with Gasteiger partial charge < -0.3 is 9.47 Å². The largest absolute Gasteiger partial charge is 0.462 e. The summed E-state index contributed by atoms with van der Waals surface area (Å²) in [6, 6.07) is 10.4. The van der Waals surface area contributed by atoms with Crippen LogP contribution >= 0.6 is 23.5 Å². The average Bonchev–Trinajstić information content (AvgIpc) is 2.86. The molecule has 0 heterocycles. The normalized spacial score (nSPS) is 21.3. The second-order valence-electron chi connectivity index (χ2n) is 9.78. The molecule has 0 amide bonds. The summed E-state index contributed by atoms with van der Waals surface area (Å²) in [6.07, 6.45) is 10.1. The van der Waals surface area contributed by atoms with Gasteiger partial charge in [-0.25, -0.2) is 9.79 Å².